The highest BCUT2D eigenvalue weighted by Gasteiger charge is 2.17. The molecule has 0 saturated carbocycles. The Morgan fingerprint density at radius 1 is 1.37 bits per heavy atom. The van der Waals surface area contributed by atoms with Crippen LogP contribution in [-0.4, -0.2) is 35.8 Å². The summed E-state index contributed by atoms with van der Waals surface area (Å²) < 4.78 is 23.9. The minimum Gasteiger partial charge on any atom is -0.385 e. The van der Waals surface area contributed by atoms with Crippen molar-refractivity contribution in [3.8, 4) is 0 Å². The van der Waals surface area contributed by atoms with Gasteiger partial charge in [-0.25, -0.2) is 8.78 Å². The second-order valence-corrected chi connectivity index (χ2v) is 5.36. The molecule has 106 valence electrons. The molecule has 0 heterocycles. The maximum atomic E-state index is 12.0. The summed E-state index contributed by atoms with van der Waals surface area (Å²) in [6.07, 6.45) is -4.46. The van der Waals surface area contributed by atoms with Crippen molar-refractivity contribution in [2.24, 2.45) is 0 Å². The Hall–Kier alpha value is -0.850. The molecule has 0 fully saturated rings. The first kappa shape index (κ1) is 16.2. The lowest BCUT2D eigenvalue weighted by Gasteiger charge is -2.10. The van der Waals surface area contributed by atoms with Gasteiger partial charge >= 0.3 is 0 Å². The van der Waals surface area contributed by atoms with E-state index in [1.54, 1.807) is 12.1 Å². The molecule has 1 aromatic rings. The van der Waals surface area contributed by atoms with E-state index >= 15 is 0 Å². The fourth-order valence-electron chi connectivity index (χ4n) is 1.19. The zero-order valence-corrected chi connectivity index (χ0v) is 11.6. The van der Waals surface area contributed by atoms with E-state index in [4.69, 9.17) is 16.7 Å². The third-order valence-electron chi connectivity index (χ3n) is 2.21. The number of nitrogens with one attached hydrogen (secondary N) is 1. The van der Waals surface area contributed by atoms with E-state index in [-0.39, 0.29) is 12.3 Å². The number of aliphatic hydroxyl groups is 1. The van der Waals surface area contributed by atoms with Crippen LogP contribution in [0.15, 0.2) is 29.2 Å². The third kappa shape index (κ3) is 6.75. The molecular weight excluding hydrogens is 296 g/mol. The van der Waals surface area contributed by atoms with Gasteiger partial charge in [-0.15, -0.1) is 11.8 Å². The molecule has 0 aliphatic heterocycles. The van der Waals surface area contributed by atoms with Crippen LogP contribution in [0.25, 0.3) is 0 Å². The second-order valence-electron chi connectivity index (χ2n) is 3.76. The summed E-state index contributed by atoms with van der Waals surface area (Å²) in [6.45, 7) is -0.428. The van der Waals surface area contributed by atoms with Crippen molar-refractivity contribution in [2.75, 3.05) is 12.3 Å². The molecule has 0 aliphatic carbocycles. The Bertz CT molecular complexity index is 403. The maximum Gasteiger partial charge on any atom is 0.265 e. The van der Waals surface area contributed by atoms with E-state index in [2.05, 4.69) is 5.32 Å². The number of hydrogen-bond acceptors (Lipinski definition) is 3. The number of benzene rings is 1. The van der Waals surface area contributed by atoms with Crippen LogP contribution in [0.3, 0.4) is 0 Å². The predicted molar refractivity (Wildman–Crippen MR) is 71.8 cm³/mol. The fraction of sp³-hybridized carbons (Fsp3) is 0.417. The van der Waals surface area contributed by atoms with Gasteiger partial charge < -0.3 is 10.4 Å². The van der Waals surface area contributed by atoms with Crippen molar-refractivity contribution in [1.29, 1.82) is 0 Å². The number of alkyl halides is 2. The van der Waals surface area contributed by atoms with Gasteiger partial charge in [-0.3, -0.25) is 4.79 Å². The van der Waals surface area contributed by atoms with Gasteiger partial charge in [-0.2, -0.15) is 0 Å². The highest BCUT2D eigenvalue weighted by atomic mass is 35.5. The first-order valence-corrected chi connectivity index (χ1v) is 6.96. The Balaban J connectivity index is 2.18. The van der Waals surface area contributed by atoms with E-state index in [1.165, 1.54) is 11.8 Å². The first-order chi connectivity index (χ1) is 8.99. The number of carbonyl (C=O) groups excluding carboxylic acids is 1. The van der Waals surface area contributed by atoms with Crippen LogP contribution < -0.4 is 5.32 Å². The molecule has 19 heavy (non-hydrogen) atoms. The maximum absolute atomic E-state index is 12.0. The molecule has 1 aromatic carbocycles. The number of aliphatic hydroxyl groups excluding tert-OH is 1. The molecule has 0 radical (unpaired) electrons. The monoisotopic (exact) mass is 309 g/mol. The molecule has 0 saturated heterocycles. The molecule has 7 heteroatoms. The topological polar surface area (TPSA) is 49.3 Å². The number of amides is 1. The van der Waals surface area contributed by atoms with Gasteiger partial charge in [-0.1, -0.05) is 11.6 Å². The third-order valence-corrected chi connectivity index (χ3v) is 3.48. The predicted octanol–water partition coefficient (Wildman–Crippen LogP) is 2.56. The van der Waals surface area contributed by atoms with Gasteiger partial charge in [0, 0.05) is 28.6 Å². The first-order valence-electron chi connectivity index (χ1n) is 5.60. The number of halogens is 3. The van der Waals surface area contributed by atoms with Crippen molar-refractivity contribution in [3.63, 3.8) is 0 Å². The highest BCUT2D eigenvalue weighted by Crippen LogP contribution is 2.20. The van der Waals surface area contributed by atoms with Crippen LogP contribution in [0.1, 0.15) is 6.42 Å². The molecule has 1 unspecified atom stereocenters. The lowest BCUT2D eigenvalue weighted by Crippen LogP contribution is -2.35. The lowest BCUT2D eigenvalue weighted by atomic mass is 10.3. The van der Waals surface area contributed by atoms with Crippen molar-refractivity contribution >= 4 is 29.3 Å². The summed E-state index contributed by atoms with van der Waals surface area (Å²) in [6, 6.07) is 7.18. The molecular formula is C12H14ClF2NO2S. The van der Waals surface area contributed by atoms with E-state index in [1.807, 2.05) is 12.1 Å². The van der Waals surface area contributed by atoms with Gasteiger partial charge in [0.15, 0.2) is 0 Å². The number of carbonyl (C=O) groups is 1. The molecule has 3 nitrogen and oxygen atoms in total. The van der Waals surface area contributed by atoms with Gasteiger partial charge in [0.1, 0.15) is 6.10 Å². The minimum atomic E-state index is -2.84. The Labute approximate surface area is 119 Å². The van der Waals surface area contributed by atoms with Crippen molar-refractivity contribution in [3.05, 3.63) is 29.3 Å². The Kier molecular flexibility index (Phi) is 7.12. The molecule has 0 aromatic heterocycles. The van der Waals surface area contributed by atoms with Crippen LogP contribution in [0.5, 0.6) is 0 Å². The summed E-state index contributed by atoms with van der Waals surface area (Å²) in [5.74, 6) is 0.166. The van der Waals surface area contributed by atoms with Gasteiger partial charge in [0.05, 0.1) is 0 Å². The van der Waals surface area contributed by atoms with Crippen molar-refractivity contribution in [2.45, 2.75) is 23.8 Å². The summed E-state index contributed by atoms with van der Waals surface area (Å²) in [7, 11) is 0. The van der Waals surface area contributed by atoms with E-state index in [0.717, 1.165) is 4.90 Å². The smallest absolute Gasteiger partial charge is 0.265 e. The fourth-order valence-corrected chi connectivity index (χ4v) is 2.17. The number of hydrogen-bond donors (Lipinski definition) is 2. The van der Waals surface area contributed by atoms with Gasteiger partial charge in [-0.05, 0) is 24.3 Å². The van der Waals surface area contributed by atoms with Crippen LogP contribution in [0.4, 0.5) is 8.78 Å². The molecule has 1 amide bonds. The quantitative estimate of drug-likeness (QED) is 0.761. The normalized spacial score (nSPS) is 12.5. The van der Waals surface area contributed by atoms with Gasteiger partial charge in [0.25, 0.3) is 6.43 Å². The Morgan fingerprint density at radius 3 is 2.58 bits per heavy atom. The molecule has 2 N–H and O–H groups in total. The zero-order chi connectivity index (χ0) is 14.3. The SMILES string of the molecule is O=C(CCSc1ccc(Cl)cc1)NCC(O)C(F)F. The summed E-state index contributed by atoms with van der Waals surface area (Å²) in [5, 5.41) is 11.7. The summed E-state index contributed by atoms with van der Waals surface area (Å²) in [5.41, 5.74) is 0. The minimum absolute atomic E-state index is 0.198. The summed E-state index contributed by atoms with van der Waals surface area (Å²) >= 11 is 7.20. The molecule has 1 atom stereocenters. The highest BCUT2D eigenvalue weighted by molar-refractivity contribution is 7.99. The van der Waals surface area contributed by atoms with Gasteiger partial charge in [0.2, 0.25) is 5.91 Å². The lowest BCUT2D eigenvalue weighted by molar-refractivity contribution is -0.121. The van der Waals surface area contributed by atoms with E-state index < -0.39 is 19.1 Å². The van der Waals surface area contributed by atoms with E-state index in [0.29, 0.717) is 10.8 Å². The molecule has 1 rings (SSSR count). The largest absolute Gasteiger partial charge is 0.385 e. The molecule has 0 aliphatic rings. The second kappa shape index (κ2) is 8.35. The standard InChI is InChI=1S/C12H14ClF2NO2S/c13-8-1-3-9(4-2-8)19-6-5-11(18)16-7-10(17)12(14)15/h1-4,10,12,17H,5-7H2,(H,16,18). The van der Waals surface area contributed by atoms with Crippen molar-refractivity contribution < 1.29 is 18.7 Å². The molecule has 0 bridgehead atoms. The Morgan fingerprint density at radius 2 is 2.00 bits per heavy atom. The average molecular weight is 310 g/mol. The average Bonchev–Trinajstić information content (AvgIpc) is 2.38. The molecule has 0 spiro atoms. The number of rotatable bonds is 7. The van der Waals surface area contributed by atoms with Crippen LogP contribution >= 0.6 is 23.4 Å². The summed E-state index contributed by atoms with van der Waals surface area (Å²) in [4.78, 5) is 12.3. The number of thioether (sulfide) groups is 1. The zero-order valence-electron chi connectivity index (χ0n) is 9.98. The van der Waals surface area contributed by atoms with Crippen molar-refractivity contribution in [1.82, 2.24) is 5.32 Å². The van der Waals surface area contributed by atoms with Crippen LogP contribution in [-0.2, 0) is 4.79 Å². The van der Waals surface area contributed by atoms with Crippen LogP contribution in [0.2, 0.25) is 5.02 Å². The van der Waals surface area contributed by atoms with E-state index in [9.17, 15) is 13.6 Å². The van der Waals surface area contributed by atoms with Crippen LogP contribution in [0, 0.1) is 0 Å².